The van der Waals surface area contributed by atoms with Crippen molar-refractivity contribution in [3.05, 3.63) is 89.4 Å². The minimum Gasteiger partial charge on any atom is -0.413 e. The van der Waals surface area contributed by atoms with Crippen LogP contribution in [0, 0.1) is 0 Å². The molecule has 0 fully saturated rings. The molecule has 5 rings (SSSR count). The van der Waals surface area contributed by atoms with Gasteiger partial charge >= 0.3 is 0 Å². The number of hydrogen-bond acceptors (Lipinski definition) is 6. The first-order valence-corrected chi connectivity index (χ1v) is 10.3. The molecule has 2 aromatic heterocycles. The number of aromatic nitrogens is 4. The van der Waals surface area contributed by atoms with Gasteiger partial charge in [-0.15, -0.1) is 10.2 Å². The Morgan fingerprint density at radius 3 is 2.35 bits per heavy atom. The summed E-state index contributed by atoms with van der Waals surface area (Å²) in [4.78, 5) is 9.31. The highest BCUT2D eigenvalue weighted by Crippen LogP contribution is 2.26. The van der Waals surface area contributed by atoms with Gasteiger partial charge in [-0.1, -0.05) is 54.1 Å². The first-order chi connectivity index (χ1) is 15.3. The number of nitrogens with one attached hydrogen (secondary N) is 1. The third kappa shape index (κ3) is 4.25. The number of halogens is 1. The monoisotopic (exact) mass is 427 g/mol. The molecule has 7 heteroatoms. The summed E-state index contributed by atoms with van der Waals surface area (Å²) in [6.07, 6.45) is 0.837. The van der Waals surface area contributed by atoms with Crippen LogP contribution in [0.4, 0.5) is 5.82 Å². The number of rotatable bonds is 6. The zero-order chi connectivity index (χ0) is 21.0. The molecular weight excluding hydrogens is 410 g/mol. The van der Waals surface area contributed by atoms with Crippen molar-refractivity contribution >= 4 is 28.3 Å². The fourth-order valence-electron chi connectivity index (χ4n) is 3.29. The quantitative estimate of drug-likeness (QED) is 0.377. The van der Waals surface area contributed by atoms with Gasteiger partial charge in [-0.3, -0.25) is 0 Å². The zero-order valence-electron chi connectivity index (χ0n) is 16.5. The maximum absolute atomic E-state index is 5.97. The standard InChI is InChI=1S/C24H18ClN5O/c25-18-12-10-16(11-13-18)14-15-26-21-19-8-4-5-9-20(19)27-22(28-21)24-30-29-23(31-24)17-6-2-1-3-7-17/h1-13H,14-15H2,(H,26,27,28). The molecule has 0 atom stereocenters. The van der Waals surface area contributed by atoms with Crippen molar-refractivity contribution in [2.45, 2.75) is 6.42 Å². The predicted molar refractivity (Wildman–Crippen MR) is 122 cm³/mol. The molecular formula is C24H18ClN5O. The van der Waals surface area contributed by atoms with E-state index >= 15 is 0 Å². The average molecular weight is 428 g/mol. The van der Waals surface area contributed by atoms with E-state index in [2.05, 4.69) is 25.5 Å². The minimum atomic E-state index is 0.283. The van der Waals surface area contributed by atoms with E-state index in [0.717, 1.165) is 33.7 Å². The van der Waals surface area contributed by atoms with Crippen molar-refractivity contribution in [3.8, 4) is 23.2 Å². The summed E-state index contributed by atoms with van der Waals surface area (Å²) < 4.78 is 5.86. The van der Waals surface area contributed by atoms with Crippen molar-refractivity contribution in [1.82, 2.24) is 20.2 Å². The molecule has 152 valence electrons. The van der Waals surface area contributed by atoms with Crippen molar-refractivity contribution in [3.63, 3.8) is 0 Å². The third-order valence-electron chi connectivity index (χ3n) is 4.86. The molecule has 6 nitrogen and oxygen atoms in total. The Balaban J connectivity index is 1.43. The third-order valence-corrected chi connectivity index (χ3v) is 5.11. The number of anilines is 1. The molecule has 0 aliphatic heterocycles. The topological polar surface area (TPSA) is 76.7 Å². The largest absolute Gasteiger partial charge is 0.413 e. The van der Waals surface area contributed by atoms with Crippen LogP contribution in [0.25, 0.3) is 34.1 Å². The zero-order valence-corrected chi connectivity index (χ0v) is 17.3. The van der Waals surface area contributed by atoms with Crippen LogP contribution in [0.2, 0.25) is 5.02 Å². The van der Waals surface area contributed by atoms with Crippen LogP contribution < -0.4 is 5.32 Å². The van der Waals surface area contributed by atoms with Gasteiger partial charge in [0.15, 0.2) is 0 Å². The van der Waals surface area contributed by atoms with Crippen LogP contribution in [0.15, 0.2) is 83.3 Å². The fourth-order valence-corrected chi connectivity index (χ4v) is 3.42. The van der Waals surface area contributed by atoms with Crippen molar-refractivity contribution in [1.29, 1.82) is 0 Å². The van der Waals surface area contributed by atoms with Gasteiger partial charge in [-0.05, 0) is 48.4 Å². The van der Waals surface area contributed by atoms with E-state index in [1.54, 1.807) is 0 Å². The van der Waals surface area contributed by atoms with Crippen LogP contribution in [-0.4, -0.2) is 26.7 Å². The first kappa shape index (κ1) is 19.2. The van der Waals surface area contributed by atoms with Crippen LogP contribution in [0.5, 0.6) is 0 Å². The first-order valence-electron chi connectivity index (χ1n) is 9.91. The van der Waals surface area contributed by atoms with E-state index < -0.39 is 0 Å². The molecule has 0 aliphatic carbocycles. The second-order valence-corrected chi connectivity index (χ2v) is 7.43. The van der Waals surface area contributed by atoms with Crippen molar-refractivity contribution < 1.29 is 4.42 Å². The summed E-state index contributed by atoms with van der Waals surface area (Å²) in [5, 5.41) is 13.4. The number of fused-ring (bicyclic) bond motifs is 1. The van der Waals surface area contributed by atoms with E-state index in [0.29, 0.717) is 18.3 Å². The Bertz CT molecular complexity index is 1320. The molecule has 0 spiro atoms. The van der Waals surface area contributed by atoms with Crippen molar-refractivity contribution in [2.24, 2.45) is 0 Å². The molecule has 3 aromatic carbocycles. The SMILES string of the molecule is Clc1ccc(CCNc2nc(-c3nnc(-c4ccccc4)o3)nc3ccccc23)cc1. The Morgan fingerprint density at radius 1 is 0.774 bits per heavy atom. The minimum absolute atomic E-state index is 0.283. The molecule has 0 saturated heterocycles. The van der Waals surface area contributed by atoms with Gasteiger partial charge < -0.3 is 9.73 Å². The molecule has 0 unspecified atom stereocenters. The van der Waals surface area contributed by atoms with Crippen LogP contribution in [0.1, 0.15) is 5.56 Å². The summed E-state index contributed by atoms with van der Waals surface area (Å²) in [5.74, 6) is 1.84. The van der Waals surface area contributed by atoms with Crippen LogP contribution >= 0.6 is 11.6 Å². The van der Waals surface area contributed by atoms with Crippen LogP contribution in [0.3, 0.4) is 0 Å². The second-order valence-electron chi connectivity index (χ2n) is 6.99. The van der Waals surface area contributed by atoms with Gasteiger partial charge in [0.25, 0.3) is 5.89 Å². The smallest absolute Gasteiger partial charge is 0.286 e. The summed E-state index contributed by atoms with van der Waals surface area (Å²) in [6.45, 7) is 0.710. The molecule has 0 amide bonds. The van der Waals surface area contributed by atoms with Gasteiger partial charge in [0.2, 0.25) is 11.7 Å². The Labute approximate surface area is 184 Å². The maximum atomic E-state index is 5.97. The molecule has 2 heterocycles. The molecule has 0 aliphatic rings. The van der Waals surface area contributed by atoms with Crippen molar-refractivity contribution in [2.75, 3.05) is 11.9 Å². The Morgan fingerprint density at radius 2 is 1.52 bits per heavy atom. The summed E-state index contributed by atoms with van der Waals surface area (Å²) in [6, 6.07) is 25.3. The molecule has 0 radical (unpaired) electrons. The molecule has 31 heavy (non-hydrogen) atoms. The highest BCUT2D eigenvalue weighted by Gasteiger charge is 2.16. The lowest BCUT2D eigenvalue weighted by atomic mass is 10.1. The average Bonchev–Trinajstić information content (AvgIpc) is 3.31. The summed E-state index contributed by atoms with van der Waals surface area (Å²) >= 11 is 5.97. The fraction of sp³-hybridized carbons (Fsp3) is 0.0833. The number of benzene rings is 3. The normalized spacial score (nSPS) is 11.0. The van der Waals surface area contributed by atoms with Crippen LogP contribution in [-0.2, 0) is 6.42 Å². The number of nitrogens with zero attached hydrogens (tertiary/aromatic N) is 4. The van der Waals surface area contributed by atoms with Gasteiger partial charge in [-0.25, -0.2) is 9.97 Å². The highest BCUT2D eigenvalue weighted by molar-refractivity contribution is 6.30. The molecule has 0 saturated carbocycles. The predicted octanol–water partition coefficient (Wildman–Crippen LogP) is 5.65. The molecule has 0 bridgehead atoms. The van der Waals surface area contributed by atoms with Gasteiger partial charge in [0.1, 0.15) is 5.82 Å². The van der Waals surface area contributed by atoms with Gasteiger partial charge in [-0.2, -0.15) is 0 Å². The molecule has 1 N–H and O–H groups in total. The number of para-hydroxylation sites is 1. The lowest BCUT2D eigenvalue weighted by Crippen LogP contribution is -2.08. The lowest BCUT2D eigenvalue weighted by molar-refractivity contribution is 0.579. The highest BCUT2D eigenvalue weighted by atomic mass is 35.5. The second kappa shape index (κ2) is 8.53. The van der Waals surface area contributed by atoms with E-state index in [9.17, 15) is 0 Å². The lowest BCUT2D eigenvalue weighted by Gasteiger charge is -2.10. The van der Waals surface area contributed by atoms with E-state index in [1.165, 1.54) is 5.56 Å². The van der Waals surface area contributed by atoms with Gasteiger partial charge in [0, 0.05) is 22.5 Å². The van der Waals surface area contributed by atoms with E-state index in [4.69, 9.17) is 16.0 Å². The van der Waals surface area contributed by atoms with Gasteiger partial charge in [0.05, 0.1) is 5.52 Å². The van der Waals surface area contributed by atoms with E-state index in [-0.39, 0.29) is 5.89 Å². The summed E-state index contributed by atoms with van der Waals surface area (Å²) in [5.41, 5.74) is 2.85. The Hall–Kier alpha value is -3.77. The summed E-state index contributed by atoms with van der Waals surface area (Å²) in [7, 11) is 0. The number of hydrogen-bond donors (Lipinski definition) is 1. The Kier molecular flexibility index (Phi) is 5.29. The molecule has 5 aromatic rings. The van der Waals surface area contributed by atoms with E-state index in [1.807, 2.05) is 78.9 Å². The maximum Gasteiger partial charge on any atom is 0.286 e.